The Hall–Kier alpha value is -3.48. The van der Waals surface area contributed by atoms with Crippen molar-refractivity contribution < 1.29 is 19.1 Å². The van der Waals surface area contributed by atoms with Crippen molar-refractivity contribution in [2.45, 2.75) is 138 Å². The molecule has 0 spiro atoms. The summed E-state index contributed by atoms with van der Waals surface area (Å²) in [5.74, 6) is 3.53. The van der Waals surface area contributed by atoms with E-state index >= 15 is 0 Å². The number of likely N-dealkylation sites (tertiary alicyclic amines) is 2. The van der Waals surface area contributed by atoms with Crippen LogP contribution in [-0.4, -0.2) is 60.0 Å². The van der Waals surface area contributed by atoms with Crippen LogP contribution in [0.25, 0.3) is 0 Å². The van der Waals surface area contributed by atoms with Gasteiger partial charge >= 0.3 is 11.9 Å². The van der Waals surface area contributed by atoms with Crippen molar-refractivity contribution in [2.24, 2.45) is 23.7 Å². The maximum absolute atomic E-state index is 13.7. The third-order valence-electron chi connectivity index (χ3n) is 17.0. The summed E-state index contributed by atoms with van der Waals surface area (Å²) in [4.78, 5) is 33.1. The Morgan fingerprint density at radius 2 is 1.04 bits per heavy atom. The van der Waals surface area contributed by atoms with E-state index in [4.69, 9.17) is 9.47 Å². The highest BCUT2D eigenvalue weighted by Crippen LogP contribution is 2.58. The molecular weight excluding hydrogens is 693 g/mol. The molecule has 2 aliphatic heterocycles. The molecule has 56 heavy (non-hydrogen) atoms. The Morgan fingerprint density at radius 1 is 0.554 bits per heavy atom. The van der Waals surface area contributed by atoms with Crippen LogP contribution in [0.4, 0.5) is 0 Å². The fraction of sp³-hybridized carbons (Fsp3) is 0.600. The topological polar surface area (TPSA) is 59.1 Å². The summed E-state index contributed by atoms with van der Waals surface area (Å²) in [7, 11) is 0. The molecule has 4 saturated carbocycles. The number of rotatable bonds is 8. The lowest BCUT2D eigenvalue weighted by molar-refractivity contribution is -0.0240. The minimum absolute atomic E-state index is 0.196. The molecule has 6 atom stereocenters. The highest BCUT2D eigenvalue weighted by Gasteiger charge is 2.55. The number of benzene rings is 3. The van der Waals surface area contributed by atoms with E-state index in [1.165, 1.54) is 151 Å². The molecule has 0 radical (unpaired) electrons. The lowest BCUT2D eigenvalue weighted by atomic mass is 9.52. The molecule has 0 aromatic heterocycles. The van der Waals surface area contributed by atoms with Gasteiger partial charge in [0.1, 0.15) is 11.5 Å². The third kappa shape index (κ3) is 5.93. The van der Waals surface area contributed by atoms with Crippen molar-refractivity contribution in [3.05, 3.63) is 94.0 Å². The zero-order valence-electron chi connectivity index (χ0n) is 33.3. The molecule has 6 heteroatoms. The number of piperidine rings is 2. The highest BCUT2D eigenvalue weighted by atomic mass is 16.5. The second kappa shape index (κ2) is 14.1. The number of carbonyl (C=O) groups excluding carboxylic acids is 2. The molecule has 8 aliphatic rings. The molecule has 4 bridgehead atoms. The summed E-state index contributed by atoms with van der Waals surface area (Å²) in [5, 5.41) is 0. The van der Waals surface area contributed by atoms with Gasteiger partial charge in [0.25, 0.3) is 0 Å². The monoisotopic (exact) mass is 752 g/mol. The number of esters is 2. The molecule has 6 aliphatic carbocycles. The van der Waals surface area contributed by atoms with Gasteiger partial charge in [-0.25, -0.2) is 9.59 Å². The van der Waals surface area contributed by atoms with E-state index in [0.29, 0.717) is 46.5 Å². The van der Waals surface area contributed by atoms with E-state index in [0.717, 1.165) is 24.7 Å². The second-order valence-corrected chi connectivity index (χ2v) is 19.6. The van der Waals surface area contributed by atoms with E-state index in [1.54, 1.807) is 24.3 Å². The van der Waals surface area contributed by atoms with Crippen molar-refractivity contribution >= 4 is 11.9 Å². The predicted octanol–water partition coefficient (Wildman–Crippen LogP) is 9.84. The smallest absolute Gasteiger partial charge is 0.343 e. The van der Waals surface area contributed by atoms with Gasteiger partial charge < -0.3 is 9.47 Å². The molecule has 3 aromatic rings. The van der Waals surface area contributed by atoms with Crippen LogP contribution in [0.5, 0.6) is 11.5 Å². The molecule has 11 rings (SSSR count). The van der Waals surface area contributed by atoms with E-state index in [-0.39, 0.29) is 10.8 Å². The minimum atomic E-state index is -0.435. The number of ether oxygens (including phenoxy) is 2. The van der Waals surface area contributed by atoms with Gasteiger partial charge in [0, 0.05) is 36.0 Å². The molecule has 0 unspecified atom stereocenters. The maximum Gasteiger partial charge on any atom is 0.343 e. The van der Waals surface area contributed by atoms with Gasteiger partial charge in [-0.15, -0.1) is 0 Å². The first-order valence-electron chi connectivity index (χ1n) is 22.8. The molecule has 3 aromatic carbocycles. The summed E-state index contributed by atoms with van der Waals surface area (Å²) < 4.78 is 12.2. The average Bonchev–Trinajstić information content (AvgIpc) is 3.19. The van der Waals surface area contributed by atoms with Crippen LogP contribution in [0.3, 0.4) is 0 Å². The van der Waals surface area contributed by atoms with Crippen LogP contribution in [0.1, 0.15) is 146 Å². The largest absolute Gasteiger partial charge is 0.423 e. The lowest BCUT2D eigenvalue weighted by Gasteiger charge is -2.59. The predicted molar refractivity (Wildman–Crippen MR) is 219 cm³/mol. The normalized spacial score (nSPS) is 32.4. The van der Waals surface area contributed by atoms with E-state index < -0.39 is 11.9 Å². The zero-order valence-corrected chi connectivity index (χ0v) is 33.3. The summed E-state index contributed by atoms with van der Waals surface area (Å²) in [5.41, 5.74) is 6.89. The van der Waals surface area contributed by atoms with E-state index in [2.05, 4.69) is 34.1 Å². The van der Waals surface area contributed by atoms with Crippen molar-refractivity contribution in [3.8, 4) is 11.5 Å². The van der Waals surface area contributed by atoms with Gasteiger partial charge in [0.2, 0.25) is 0 Å². The fourth-order valence-corrected chi connectivity index (χ4v) is 13.8. The quantitative estimate of drug-likeness (QED) is 0.169. The Kier molecular flexibility index (Phi) is 8.99. The van der Waals surface area contributed by atoms with Crippen LogP contribution < -0.4 is 9.47 Å². The van der Waals surface area contributed by atoms with Gasteiger partial charge in [-0.1, -0.05) is 56.7 Å². The SMILES string of the molecule is O=C(Oc1ccc2c(c1)[C@@]13CCCC[C@H]1[C@H](C2)N(CC1CCC1)CC3)c1cccc(C(=O)Oc2ccc3c(c2)[C@@]24CCCC[C@H]2[C@H](C3)N(CC2CCC2)CC4)c1. The molecular formula is C50H60N2O4. The molecule has 2 saturated heterocycles. The summed E-state index contributed by atoms with van der Waals surface area (Å²) in [6, 6.07) is 21.0. The summed E-state index contributed by atoms with van der Waals surface area (Å²) in [6.07, 6.45) is 23.4. The first-order valence-corrected chi connectivity index (χ1v) is 22.8. The molecule has 2 heterocycles. The van der Waals surface area contributed by atoms with Gasteiger partial charge in [-0.2, -0.15) is 0 Å². The van der Waals surface area contributed by atoms with Crippen LogP contribution in [0.2, 0.25) is 0 Å². The van der Waals surface area contributed by atoms with Crippen LogP contribution in [-0.2, 0) is 23.7 Å². The summed E-state index contributed by atoms with van der Waals surface area (Å²) in [6.45, 7) is 4.94. The number of fused-ring (bicyclic) bond motifs is 2. The second-order valence-electron chi connectivity index (χ2n) is 19.6. The van der Waals surface area contributed by atoms with Crippen LogP contribution in [0.15, 0.2) is 60.7 Å². The standard InChI is InChI=1S/C50H60N2O4/c53-47(55-39-18-16-35-27-45-41-14-1-3-20-49(41,43(35)29-39)22-24-51(45)31-33-8-5-9-33)37-12-7-13-38(26-37)48(54)56-40-19-17-36-28-46-42-15-2-4-21-50(42,44(36)30-40)23-25-52(46)32-34-10-6-11-34/h7,12-13,16-19,26,29-30,33-34,41-42,45-46H,1-6,8-11,14-15,20-25,27-28,31-32H2/t41-,42-,45-,46-,49+,50+/m0/s1. The average molecular weight is 753 g/mol. The van der Waals surface area contributed by atoms with Gasteiger partial charge in [0.05, 0.1) is 11.1 Å². The third-order valence-corrected chi connectivity index (χ3v) is 17.0. The van der Waals surface area contributed by atoms with Gasteiger partial charge in [0.15, 0.2) is 0 Å². The van der Waals surface area contributed by atoms with E-state index in [1.807, 2.05) is 12.1 Å². The number of hydrogen-bond acceptors (Lipinski definition) is 6. The first kappa shape index (κ1) is 35.7. The van der Waals surface area contributed by atoms with Gasteiger partial charge in [-0.3, -0.25) is 9.80 Å². The highest BCUT2D eigenvalue weighted by molar-refractivity contribution is 5.96. The first-order chi connectivity index (χ1) is 27.5. The van der Waals surface area contributed by atoms with Crippen LogP contribution in [0, 0.1) is 23.7 Å². The number of hydrogen-bond donors (Lipinski definition) is 0. The maximum atomic E-state index is 13.7. The molecule has 294 valence electrons. The molecule has 0 amide bonds. The summed E-state index contributed by atoms with van der Waals surface area (Å²) >= 11 is 0. The molecule has 0 N–H and O–H groups in total. The van der Waals surface area contributed by atoms with Crippen molar-refractivity contribution in [3.63, 3.8) is 0 Å². The molecule has 6 fully saturated rings. The lowest BCUT2D eigenvalue weighted by Crippen LogP contribution is -2.61. The number of nitrogens with zero attached hydrogens (tertiary/aromatic N) is 2. The Labute approximate surface area is 333 Å². The van der Waals surface area contributed by atoms with Crippen LogP contribution >= 0.6 is 0 Å². The van der Waals surface area contributed by atoms with Crippen molar-refractivity contribution in [1.29, 1.82) is 0 Å². The van der Waals surface area contributed by atoms with Gasteiger partial charge in [-0.05, 0) is 179 Å². The minimum Gasteiger partial charge on any atom is -0.423 e. The Bertz CT molecular complexity index is 1880. The van der Waals surface area contributed by atoms with Crippen molar-refractivity contribution in [2.75, 3.05) is 26.2 Å². The Balaban J connectivity index is 0.795. The number of carbonyl (C=O) groups is 2. The fourth-order valence-electron chi connectivity index (χ4n) is 13.8. The molecule has 6 nitrogen and oxygen atoms in total. The van der Waals surface area contributed by atoms with Crippen molar-refractivity contribution in [1.82, 2.24) is 9.80 Å². The van der Waals surface area contributed by atoms with E-state index in [9.17, 15) is 9.59 Å². The Morgan fingerprint density at radius 3 is 1.48 bits per heavy atom. The zero-order chi connectivity index (χ0) is 37.4.